The number of hydrogen-bond acceptors (Lipinski definition) is 2. The molecule has 0 aliphatic carbocycles. The van der Waals surface area contributed by atoms with Gasteiger partial charge in [0, 0.05) is 25.7 Å². The highest BCUT2D eigenvalue weighted by molar-refractivity contribution is 4.65. The van der Waals surface area contributed by atoms with Crippen LogP contribution in [0, 0.1) is 0 Å². The molecule has 0 rings (SSSR count). The van der Waals surface area contributed by atoms with Crippen LogP contribution in [0.5, 0.6) is 0 Å². The molecule has 0 bridgehead atoms. The molecule has 0 spiro atoms. The third-order valence-corrected chi connectivity index (χ3v) is 2.02. The molecule has 0 saturated heterocycles. The number of hydrogen-bond donors (Lipinski definition) is 1. The fourth-order valence-electron chi connectivity index (χ4n) is 1.17. The van der Waals surface area contributed by atoms with Gasteiger partial charge in [0.2, 0.25) is 0 Å². The van der Waals surface area contributed by atoms with Crippen molar-refractivity contribution in [3.8, 4) is 0 Å². The minimum Gasteiger partial charge on any atom is -0.396 e. The van der Waals surface area contributed by atoms with Crippen LogP contribution in [0.2, 0.25) is 0 Å². The maximum absolute atomic E-state index is 11.9. The topological polar surface area (TPSA) is 23.5 Å². The highest BCUT2D eigenvalue weighted by Gasteiger charge is 2.28. The summed E-state index contributed by atoms with van der Waals surface area (Å²) in [6.07, 6.45) is -4.35. The zero-order chi connectivity index (χ0) is 11.2. The first-order chi connectivity index (χ1) is 6.37. The van der Waals surface area contributed by atoms with Gasteiger partial charge in [-0.3, -0.25) is 0 Å². The summed E-state index contributed by atoms with van der Waals surface area (Å²) in [6.45, 7) is 4.27. The van der Waals surface area contributed by atoms with Crippen LogP contribution in [0.3, 0.4) is 0 Å². The maximum Gasteiger partial charge on any atom is 0.390 e. The van der Waals surface area contributed by atoms with Gasteiger partial charge in [-0.15, -0.1) is 0 Å². The fourth-order valence-corrected chi connectivity index (χ4v) is 1.17. The number of aliphatic hydroxyl groups excluding tert-OH is 1. The second kappa shape index (κ2) is 6.24. The smallest absolute Gasteiger partial charge is 0.390 e. The lowest BCUT2D eigenvalue weighted by Crippen LogP contribution is -2.35. The van der Waals surface area contributed by atoms with Crippen LogP contribution in [0.1, 0.15) is 26.7 Å². The van der Waals surface area contributed by atoms with E-state index in [4.69, 9.17) is 5.11 Å². The van der Waals surface area contributed by atoms with Gasteiger partial charge in [0.15, 0.2) is 0 Å². The van der Waals surface area contributed by atoms with E-state index in [1.165, 1.54) is 0 Å². The summed E-state index contributed by atoms with van der Waals surface area (Å²) in [5.41, 5.74) is 0. The summed E-state index contributed by atoms with van der Waals surface area (Å²) in [5.74, 6) is 0. The number of alkyl halides is 3. The average Bonchev–Trinajstić information content (AvgIpc) is 2.01. The second-order valence-corrected chi connectivity index (χ2v) is 3.57. The molecule has 0 aliphatic heterocycles. The predicted molar refractivity (Wildman–Crippen MR) is 49.1 cm³/mol. The van der Waals surface area contributed by atoms with Gasteiger partial charge in [-0.2, -0.15) is 13.2 Å². The summed E-state index contributed by atoms with van der Waals surface area (Å²) in [5, 5.41) is 8.58. The van der Waals surface area contributed by atoms with E-state index in [1.54, 1.807) is 4.90 Å². The van der Waals surface area contributed by atoms with Gasteiger partial charge in [-0.05, 0) is 20.3 Å². The maximum atomic E-state index is 11.9. The van der Waals surface area contributed by atoms with E-state index in [9.17, 15) is 13.2 Å². The second-order valence-electron chi connectivity index (χ2n) is 3.57. The van der Waals surface area contributed by atoms with Crippen molar-refractivity contribution >= 4 is 0 Å². The molecule has 0 aromatic carbocycles. The summed E-state index contributed by atoms with van der Waals surface area (Å²) >= 11 is 0. The SMILES string of the molecule is CC(C)N(CCCO)CCC(F)(F)F. The Bertz CT molecular complexity index is 147. The van der Waals surface area contributed by atoms with E-state index in [-0.39, 0.29) is 19.2 Å². The molecule has 0 amide bonds. The number of aliphatic hydroxyl groups is 1. The summed E-state index contributed by atoms with van der Waals surface area (Å²) in [6, 6.07) is 0.0869. The minimum absolute atomic E-state index is 0.0150. The fraction of sp³-hybridized carbons (Fsp3) is 1.00. The molecule has 86 valence electrons. The number of nitrogens with zero attached hydrogens (tertiary/aromatic N) is 1. The van der Waals surface area contributed by atoms with Crippen LogP contribution >= 0.6 is 0 Å². The molecule has 0 heterocycles. The van der Waals surface area contributed by atoms with E-state index in [1.807, 2.05) is 13.8 Å². The highest BCUT2D eigenvalue weighted by atomic mass is 19.4. The van der Waals surface area contributed by atoms with Crippen molar-refractivity contribution in [1.82, 2.24) is 4.90 Å². The van der Waals surface area contributed by atoms with Gasteiger partial charge >= 0.3 is 6.18 Å². The minimum atomic E-state index is -4.09. The van der Waals surface area contributed by atoms with Crippen LogP contribution in [-0.4, -0.2) is 41.9 Å². The largest absolute Gasteiger partial charge is 0.396 e. The van der Waals surface area contributed by atoms with Crippen LogP contribution in [0.15, 0.2) is 0 Å². The van der Waals surface area contributed by atoms with E-state index < -0.39 is 12.6 Å². The zero-order valence-electron chi connectivity index (χ0n) is 8.64. The lowest BCUT2D eigenvalue weighted by Gasteiger charge is -2.26. The molecule has 0 unspecified atom stereocenters. The first kappa shape index (κ1) is 13.7. The van der Waals surface area contributed by atoms with E-state index in [2.05, 4.69) is 0 Å². The summed E-state index contributed by atoms with van der Waals surface area (Å²) < 4.78 is 35.8. The van der Waals surface area contributed by atoms with Crippen LogP contribution in [0.25, 0.3) is 0 Å². The predicted octanol–water partition coefficient (Wildman–Crippen LogP) is 2.03. The Morgan fingerprint density at radius 3 is 2.14 bits per heavy atom. The number of halogens is 3. The standard InChI is InChI=1S/C9H18F3NO/c1-8(2)13(5-3-7-14)6-4-9(10,11)12/h8,14H,3-7H2,1-2H3. The first-order valence-electron chi connectivity index (χ1n) is 4.78. The van der Waals surface area contributed by atoms with Crippen molar-refractivity contribution in [2.75, 3.05) is 19.7 Å². The Hall–Kier alpha value is -0.290. The van der Waals surface area contributed by atoms with Crippen LogP contribution < -0.4 is 0 Å². The van der Waals surface area contributed by atoms with Gasteiger partial charge in [-0.25, -0.2) is 0 Å². The number of rotatable bonds is 6. The molecule has 0 radical (unpaired) electrons. The summed E-state index contributed by atoms with van der Waals surface area (Å²) in [4.78, 5) is 1.73. The Balaban J connectivity index is 3.85. The van der Waals surface area contributed by atoms with Crippen molar-refractivity contribution in [1.29, 1.82) is 0 Å². The van der Waals surface area contributed by atoms with E-state index in [0.717, 1.165) is 0 Å². The van der Waals surface area contributed by atoms with Crippen LogP contribution in [-0.2, 0) is 0 Å². The van der Waals surface area contributed by atoms with Crippen molar-refractivity contribution in [3.05, 3.63) is 0 Å². The molecule has 0 atom stereocenters. The van der Waals surface area contributed by atoms with Crippen molar-refractivity contribution in [3.63, 3.8) is 0 Å². The Morgan fingerprint density at radius 2 is 1.79 bits per heavy atom. The molecule has 14 heavy (non-hydrogen) atoms. The lowest BCUT2D eigenvalue weighted by atomic mass is 10.2. The molecule has 0 fully saturated rings. The quantitative estimate of drug-likeness (QED) is 0.729. The third kappa shape index (κ3) is 7.15. The third-order valence-electron chi connectivity index (χ3n) is 2.02. The molecule has 0 aromatic rings. The van der Waals surface area contributed by atoms with Crippen molar-refractivity contribution in [2.45, 2.75) is 38.9 Å². The van der Waals surface area contributed by atoms with Crippen molar-refractivity contribution < 1.29 is 18.3 Å². The normalized spacial score (nSPS) is 12.9. The zero-order valence-corrected chi connectivity index (χ0v) is 8.64. The van der Waals surface area contributed by atoms with Gasteiger partial charge < -0.3 is 10.0 Å². The lowest BCUT2D eigenvalue weighted by molar-refractivity contribution is -0.138. The molecule has 5 heteroatoms. The molecular formula is C9H18F3NO. The monoisotopic (exact) mass is 213 g/mol. The molecule has 2 nitrogen and oxygen atoms in total. The Labute approximate surface area is 82.7 Å². The van der Waals surface area contributed by atoms with Gasteiger partial charge in [0.05, 0.1) is 6.42 Å². The van der Waals surface area contributed by atoms with Gasteiger partial charge in [0.1, 0.15) is 0 Å². The van der Waals surface area contributed by atoms with Crippen molar-refractivity contribution in [2.24, 2.45) is 0 Å². The highest BCUT2D eigenvalue weighted by Crippen LogP contribution is 2.20. The Kier molecular flexibility index (Phi) is 6.11. The van der Waals surface area contributed by atoms with Crippen LogP contribution in [0.4, 0.5) is 13.2 Å². The van der Waals surface area contributed by atoms with E-state index >= 15 is 0 Å². The molecular weight excluding hydrogens is 195 g/mol. The molecule has 1 N–H and O–H groups in total. The van der Waals surface area contributed by atoms with E-state index in [0.29, 0.717) is 13.0 Å². The average molecular weight is 213 g/mol. The molecule has 0 aliphatic rings. The Morgan fingerprint density at radius 1 is 1.21 bits per heavy atom. The molecule has 0 saturated carbocycles. The summed E-state index contributed by atoms with van der Waals surface area (Å²) in [7, 11) is 0. The molecule has 0 aromatic heterocycles. The van der Waals surface area contributed by atoms with Gasteiger partial charge in [0.25, 0.3) is 0 Å². The van der Waals surface area contributed by atoms with Gasteiger partial charge in [-0.1, -0.05) is 0 Å². The first-order valence-corrected chi connectivity index (χ1v) is 4.78.